The molecule has 2 amide bonds. The predicted octanol–water partition coefficient (Wildman–Crippen LogP) is 5.42. The molecule has 0 saturated heterocycles. The largest absolute Gasteiger partial charge is 0.322 e. The minimum Gasteiger partial charge on any atom is -0.322 e. The lowest BCUT2D eigenvalue weighted by Crippen LogP contribution is -2.27. The van der Waals surface area contributed by atoms with Gasteiger partial charge in [-0.15, -0.1) is 11.3 Å². The molecule has 0 spiro atoms. The number of hydrogen-bond donors (Lipinski definition) is 2. The first-order chi connectivity index (χ1) is 12.6. The first-order valence-corrected chi connectivity index (χ1v) is 10.3. The van der Waals surface area contributed by atoms with Crippen LogP contribution in [0.5, 0.6) is 0 Å². The Morgan fingerprint density at radius 1 is 1.11 bits per heavy atom. The van der Waals surface area contributed by atoms with Gasteiger partial charge in [-0.1, -0.05) is 38.5 Å². The SMILES string of the molecule is CC(=O)Nc1sc2c(c1C(=O)Nc1ccc(C)cc1)CCC(C(C)(C)C)C2. The van der Waals surface area contributed by atoms with Crippen LogP contribution in [0.4, 0.5) is 10.7 Å². The third-order valence-electron chi connectivity index (χ3n) is 5.32. The van der Waals surface area contributed by atoms with Crippen LogP contribution in [0.3, 0.4) is 0 Å². The number of hydrogen-bond acceptors (Lipinski definition) is 3. The third kappa shape index (κ3) is 4.41. The number of carbonyl (C=O) groups excluding carboxylic acids is 2. The molecule has 0 bridgehead atoms. The van der Waals surface area contributed by atoms with Gasteiger partial charge in [0.1, 0.15) is 5.00 Å². The van der Waals surface area contributed by atoms with E-state index in [-0.39, 0.29) is 17.2 Å². The molecule has 1 unspecified atom stereocenters. The van der Waals surface area contributed by atoms with E-state index in [1.165, 1.54) is 11.8 Å². The Morgan fingerprint density at radius 2 is 1.78 bits per heavy atom. The van der Waals surface area contributed by atoms with Gasteiger partial charge in [0.05, 0.1) is 5.56 Å². The number of benzene rings is 1. The fraction of sp³-hybridized carbons (Fsp3) is 0.455. The Balaban J connectivity index is 1.93. The van der Waals surface area contributed by atoms with E-state index in [2.05, 4.69) is 31.4 Å². The highest BCUT2D eigenvalue weighted by atomic mass is 32.1. The maximum atomic E-state index is 13.1. The van der Waals surface area contributed by atoms with Gasteiger partial charge in [-0.25, -0.2) is 0 Å². The standard InChI is InChI=1S/C22H28N2O2S/c1-13-6-9-16(10-7-13)24-20(26)19-17-11-8-15(22(3,4)5)12-18(17)27-21(19)23-14(2)25/h6-7,9-10,15H,8,11-12H2,1-5H3,(H,23,25)(H,24,26). The van der Waals surface area contributed by atoms with Gasteiger partial charge in [0.15, 0.2) is 0 Å². The van der Waals surface area contributed by atoms with E-state index in [1.54, 1.807) is 11.3 Å². The van der Waals surface area contributed by atoms with E-state index in [0.717, 1.165) is 36.1 Å². The van der Waals surface area contributed by atoms with E-state index >= 15 is 0 Å². The molecular weight excluding hydrogens is 356 g/mol. The van der Waals surface area contributed by atoms with Gasteiger partial charge in [-0.3, -0.25) is 9.59 Å². The molecule has 1 aliphatic rings. The monoisotopic (exact) mass is 384 g/mol. The molecule has 1 heterocycles. The van der Waals surface area contributed by atoms with Crippen LogP contribution in [0, 0.1) is 18.3 Å². The first kappa shape index (κ1) is 19.6. The molecule has 2 N–H and O–H groups in total. The molecule has 1 aromatic carbocycles. The topological polar surface area (TPSA) is 58.2 Å². The Kier molecular flexibility index (Phi) is 5.43. The van der Waals surface area contributed by atoms with Crippen LogP contribution in [0.2, 0.25) is 0 Å². The summed E-state index contributed by atoms with van der Waals surface area (Å²) in [5.41, 5.74) is 3.89. The van der Waals surface area contributed by atoms with Crippen molar-refractivity contribution in [3.63, 3.8) is 0 Å². The van der Waals surface area contributed by atoms with Crippen LogP contribution in [0.25, 0.3) is 0 Å². The van der Waals surface area contributed by atoms with Crippen molar-refractivity contribution in [1.29, 1.82) is 0 Å². The van der Waals surface area contributed by atoms with E-state index < -0.39 is 0 Å². The van der Waals surface area contributed by atoms with Crippen molar-refractivity contribution < 1.29 is 9.59 Å². The molecule has 0 saturated carbocycles. The third-order valence-corrected chi connectivity index (χ3v) is 6.49. The van der Waals surface area contributed by atoms with Gasteiger partial charge in [0.2, 0.25) is 5.91 Å². The molecule has 0 radical (unpaired) electrons. The summed E-state index contributed by atoms with van der Waals surface area (Å²) in [5.74, 6) is 0.293. The van der Waals surface area contributed by atoms with Gasteiger partial charge >= 0.3 is 0 Å². The molecule has 0 fully saturated rings. The zero-order valence-electron chi connectivity index (χ0n) is 16.7. The van der Waals surface area contributed by atoms with E-state index in [0.29, 0.717) is 16.5 Å². The molecule has 2 aromatic rings. The van der Waals surface area contributed by atoms with Gasteiger partial charge in [-0.05, 0) is 55.2 Å². The number of thiophene rings is 1. The lowest BCUT2D eigenvalue weighted by atomic mass is 9.72. The summed E-state index contributed by atoms with van der Waals surface area (Å²) in [6.45, 7) is 10.3. The Morgan fingerprint density at radius 3 is 2.37 bits per heavy atom. The van der Waals surface area contributed by atoms with Crippen LogP contribution in [0.1, 0.15) is 60.5 Å². The molecule has 1 aliphatic carbocycles. The van der Waals surface area contributed by atoms with E-state index in [4.69, 9.17) is 0 Å². The molecular formula is C22H28N2O2S. The highest BCUT2D eigenvalue weighted by Crippen LogP contribution is 2.44. The van der Waals surface area contributed by atoms with E-state index in [9.17, 15) is 9.59 Å². The minimum absolute atomic E-state index is 0.144. The highest BCUT2D eigenvalue weighted by molar-refractivity contribution is 7.17. The number of anilines is 2. The van der Waals surface area contributed by atoms with Crippen LogP contribution in [-0.2, 0) is 17.6 Å². The van der Waals surface area contributed by atoms with Gasteiger partial charge in [0, 0.05) is 17.5 Å². The summed E-state index contributed by atoms with van der Waals surface area (Å²) in [5, 5.41) is 6.54. The summed E-state index contributed by atoms with van der Waals surface area (Å²) >= 11 is 1.56. The second-order valence-corrected chi connectivity index (χ2v) is 9.62. The van der Waals surface area contributed by atoms with Crippen LogP contribution < -0.4 is 10.6 Å². The average molecular weight is 385 g/mol. The summed E-state index contributed by atoms with van der Waals surface area (Å²) in [6, 6.07) is 7.75. The first-order valence-electron chi connectivity index (χ1n) is 9.45. The lowest BCUT2D eigenvalue weighted by Gasteiger charge is -2.33. The second-order valence-electron chi connectivity index (χ2n) is 8.51. The quantitative estimate of drug-likeness (QED) is 0.742. The number of amides is 2. The molecule has 0 aliphatic heterocycles. The number of aryl methyl sites for hydroxylation is 1. The van der Waals surface area contributed by atoms with Crippen molar-refractivity contribution in [3.05, 3.63) is 45.8 Å². The fourth-order valence-corrected chi connectivity index (χ4v) is 5.01. The summed E-state index contributed by atoms with van der Waals surface area (Å²) in [4.78, 5) is 26.0. The fourth-order valence-electron chi connectivity index (χ4n) is 3.64. The van der Waals surface area contributed by atoms with Crippen molar-refractivity contribution in [2.24, 2.45) is 11.3 Å². The molecule has 27 heavy (non-hydrogen) atoms. The van der Waals surface area contributed by atoms with Gasteiger partial charge in [-0.2, -0.15) is 0 Å². The van der Waals surface area contributed by atoms with Crippen LogP contribution in [-0.4, -0.2) is 11.8 Å². The second kappa shape index (κ2) is 7.47. The number of fused-ring (bicyclic) bond motifs is 1. The minimum atomic E-state index is -0.148. The summed E-state index contributed by atoms with van der Waals surface area (Å²) in [6.07, 6.45) is 2.91. The summed E-state index contributed by atoms with van der Waals surface area (Å²) < 4.78 is 0. The molecule has 3 rings (SSSR count). The molecule has 144 valence electrons. The Hall–Kier alpha value is -2.14. The zero-order chi connectivity index (χ0) is 19.8. The van der Waals surface area contributed by atoms with Crippen molar-refractivity contribution in [1.82, 2.24) is 0 Å². The molecule has 1 aromatic heterocycles. The van der Waals surface area contributed by atoms with E-state index in [1.807, 2.05) is 31.2 Å². The molecule has 4 nitrogen and oxygen atoms in total. The van der Waals surface area contributed by atoms with Crippen molar-refractivity contribution in [2.45, 2.75) is 53.9 Å². The number of carbonyl (C=O) groups is 2. The van der Waals surface area contributed by atoms with Crippen LogP contribution >= 0.6 is 11.3 Å². The normalized spacial score (nSPS) is 16.6. The summed E-state index contributed by atoms with van der Waals surface area (Å²) in [7, 11) is 0. The average Bonchev–Trinajstić information content (AvgIpc) is 2.92. The Bertz CT molecular complexity index is 860. The number of rotatable bonds is 3. The predicted molar refractivity (Wildman–Crippen MR) is 113 cm³/mol. The molecule has 1 atom stereocenters. The van der Waals surface area contributed by atoms with Crippen molar-refractivity contribution in [2.75, 3.05) is 10.6 Å². The zero-order valence-corrected chi connectivity index (χ0v) is 17.5. The maximum Gasteiger partial charge on any atom is 0.258 e. The van der Waals surface area contributed by atoms with Crippen LogP contribution in [0.15, 0.2) is 24.3 Å². The molecule has 5 heteroatoms. The van der Waals surface area contributed by atoms with Crippen molar-refractivity contribution in [3.8, 4) is 0 Å². The smallest absolute Gasteiger partial charge is 0.258 e. The van der Waals surface area contributed by atoms with Gasteiger partial charge in [0.25, 0.3) is 5.91 Å². The number of nitrogens with one attached hydrogen (secondary N) is 2. The van der Waals surface area contributed by atoms with Gasteiger partial charge < -0.3 is 10.6 Å². The highest BCUT2D eigenvalue weighted by Gasteiger charge is 2.33. The lowest BCUT2D eigenvalue weighted by molar-refractivity contribution is -0.114. The Labute approximate surface area is 165 Å². The maximum absolute atomic E-state index is 13.1. The van der Waals surface area contributed by atoms with Crippen molar-refractivity contribution >= 4 is 33.8 Å².